The first-order valence-electron chi connectivity index (χ1n) is 10.8. The third-order valence-electron chi connectivity index (χ3n) is 5.26. The van der Waals surface area contributed by atoms with Gasteiger partial charge in [0.15, 0.2) is 5.69 Å². The molecule has 1 fully saturated rings. The lowest BCUT2D eigenvalue weighted by atomic mass is 10.2. The summed E-state index contributed by atoms with van der Waals surface area (Å²) in [4.78, 5) is 35.8. The molecule has 1 N–H and O–H groups in total. The van der Waals surface area contributed by atoms with Gasteiger partial charge in [0.25, 0.3) is 5.91 Å². The van der Waals surface area contributed by atoms with Crippen molar-refractivity contribution < 1.29 is 31.9 Å². The summed E-state index contributed by atoms with van der Waals surface area (Å²) < 4.78 is 50.7. The van der Waals surface area contributed by atoms with E-state index in [-0.39, 0.29) is 17.7 Å². The van der Waals surface area contributed by atoms with Gasteiger partial charge in [-0.05, 0) is 31.2 Å². The van der Waals surface area contributed by atoms with Crippen molar-refractivity contribution in [2.24, 2.45) is 0 Å². The number of benzene rings is 1. The number of nitrogens with zero attached hydrogens (tertiary/aromatic N) is 4. The Bertz CT molecular complexity index is 1170. The summed E-state index contributed by atoms with van der Waals surface area (Å²) in [7, 11) is 0. The molecule has 1 aliphatic rings. The smallest absolute Gasteiger partial charge is 0.437 e. The quantitative estimate of drug-likeness (QED) is 0.571. The zero-order valence-corrected chi connectivity index (χ0v) is 18.7. The van der Waals surface area contributed by atoms with Gasteiger partial charge in [0.1, 0.15) is 5.82 Å². The average molecular weight is 489 g/mol. The lowest BCUT2D eigenvalue weighted by molar-refractivity contribution is -0.141. The van der Waals surface area contributed by atoms with E-state index in [9.17, 15) is 22.8 Å². The van der Waals surface area contributed by atoms with Crippen LogP contribution in [0.3, 0.4) is 0 Å². The van der Waals surface area contributed by atoms with E-state index in [0.717, 1.165) is 0 Å². The third-order valence-corrected chi connectivity index (χ3v) is 5.26. The number of ether oxygens (including phenoxy) is 1. The highest BCUT2D eigenvalue weighted by Crippen LogP contribution is 2.34. The number of hydrogen-bond acceptors (Lipinski definition) is 7. The Balaban J connectivity index is 1.44. The highest BCUT2D eigenvalue weighted by atomic mass is 19.4. The molecule has 0 spiro atoms. The molecule has 0 atom stereocenters. The Morgan fingerprint density at radius 3 is 2.40 bits per heavy atom. The number of carbonyl (C=O) groups is 2. The van der Waals surface area contributed by atoms with Crippen molar-refractivity contribution in [3.63, 3.8) is 0 Å². The van der Waals surface area contributed by atoms with Crippen molar-refractivity contribution in [3.05, 3.63) is 60.1 Å². The van der Waals surface area contributed by atoms with Crippen molar-refractivity contribution in [2.45, 2.75) is 13.1 Å². The van der Waals surface area contributed by atoms with Gasteiger partial charge in [-0.15, -0.1) is 0 Å². The molecule has 0 saturated carbocycles. The number of amides is 2. The molecule has 9 nitrogen and oxygen atoms in total. The number of rotatable bonds is 5. The zero-order valence-electron chi connectivity index (χ0n) is 18.7. The maximum Gasteiger partial charge on any atom is 0.437 e. The summed E-state index contributed by atoms with van der Waals surface area (Å²) in [6.45, 7) is 4.05. The lowest BCUT2D eigenvalue weighted by Gasteiger charge is -2.34. The number of pyridine rings is 1. The summed E-state index contributed by atoms with van der Waals surface area (Å²) in [5, 5.41) is 2.38. The number of oxazole rings is 1. The van der Waals surface area contributed by atoms with Gasteiger partial charge in [0.05, 0.1) is 18.5 Å². The standard InChI is InChI=1S/C23H22F3N5O4/c1-2-34-22(33)31-12-10-30(11-13-31)17-9-8-16(14-27-17)28-20(32)18-19(23(24,25)26)29-21(35-18)15-6-4-3-5-7-15/h3-9,14H,2,10-13H2,1H3,(H,28,32). The van der Waals surface area contributed by atoms with E-state index in [1.807, 2.05) is 4.90 Å². The molecule has 3 aromatic rings. The Labute approximate surface area is 198 Å². The molecule has 0 aliphatic carbocycles. The maximum absolute atomic E-state index is 13.5. The van der Waals surface area contributed by atoms with E-state index in [1.165, 1.54) is 24.4 Å². The number of halogens is 3. The van der Waals surface area contributed by atoms with E-state index in [2.05, 4.69) is 15.3 Å². The molecular formula is C23H22F3N5O4. The average Bonchev–Trinajstić information content (AvgIpc) is 3.32. The van der Waals surface area contributed by atoms with Crippen LogP contribution in [-0.4, -0.2) is 59.7 Å². The highest BCUT2D eigenvalue weighted by molar-refractivity contribution is 6.03. The van der Waals surface area contributed by atoms with Gasteiger partial charge in [-0.25, -0.2) is 14.8 Å². The number of nitrogens with one attached hydrogen (secondary N) is 1. The number of piperazine rings is 1. The van der Waals surface area contributed by atoms with Gasteiger partial charge in [0.2, 0.25) is 11.7 Å². The van der Waals surface area contributed by atoms with Crippen LogP contribution in [0.25, 0.3) is 11.5 Å². The SMILES string of the molecule is CCOC(=O)N1CCN(c2ccc(NC(=O)c3oc(-c4ccccc4)nc3C(F)(F)F)cn2)CC1. The summed E-state index contributed by atoms with van der Waals surface area (Å²) in [5.74, 6) is -1.73. The van der Waals surface area contributed by atoms with Crippen LogP contribution in [-0.2, 0) is 10.9 Å². The van der Waals surface area contributed by atoms with Crippen molar-refractivity contribution >= 4 is 23.5 Å². The van der Waals surface area contributed by atoms with Gasteiger partial charge in [-0.2, -0.15) is 13.2 Å². The van der Waals surface area contributed by atoms with Gasteiger partial charge in [-0.3, -0.25) is 4.79 Å². The minimum Gasteiger partial charge on any atom is -0.450 e. The van der Waals surface area contributed by atoms with Gasteiger partial charge >= 0.3 is 12.3 Å². The summed E-state index contributed by atoms with van der Waals surface area (Å²) in [6.07, 6.45) is -3.90. The third kappa shape index (κ3) is 5.53. The second-order valence-electron chi connectivity index (χ2n) is 7.59. The number of hydrogen-bond donors (Lipinski definition) is 1. The molecule has 1 aromatic carbocycles. The van der Waals surface area contributed by atoms with E-state index in [4.69, 9.17) is 9.15 Å². The molecule has 12 heteroatoms. The van der Waals surface area contributed by atoms with Crippen LogP contribution in [0.15, 0.2) is 53.1 Å². The molecule has 2 amide bonds. The molecule has 0 bridgehead atoms. The molecular weight excluding hydrogens is 467 g/mol. The first-order valence-corrected chi connectivity index (χ1v) is 10.8. The molecule has 2 aromatic heterocycles. The minimum absolute atomic E-state index is 0.190. The van der Waals surface area contributed by atoms with E-state index >= 15 is 0 Å². The molecule has 184 valence electrons. The highest BCUT2D eigenvalue weighted by Gasteiger charge is 2.41. The predicted molar refractivity (Wildman–Crippen MR) is 120 cm³/mol. The number of anilines is 2. The summed E-state index contributed by atoms with van der Waals surface area (Å²) in [5.41, 5.74) is -0.904. The normalized spacial score (nSPS) is 14.1. The second kappa shape index (κ2) is 10.0. The van der Waals surface area contributed by atoms with Crippen molar-refractivity contribution in [2.75, 3.05) is 43.0 Å². The van der Waals surface area contributed by atoms with Crippen molar-refractivity contribution in [1.29, 1.82) is 0 Å². The van der Waals surface area contributed by atoms with E-state index < -0.39 is 23.5 Å². The van der Waals surface area contributed by atoms with Crippen molar-refractivity contribution in [1.82, 2.24) is 14.9 Å². The Kier molecular flexibility index (Phi) is 6.90. The second-order valence-corrected chi connectivity index (χ2v) is 7.59. The van der Waals surface area contributed by atoms with E-state index in [1.54, 1.807) is 36.1 Å². The number of carbonyl (C=O) groups excluding carboxylic acids is 2. The first kappa shape index (κ1) is 24.0. The zero-order chi connectivity index (χ0) is 25.0. The van der Waals surface area contributed by atoms with Crippen LogP contribution in [0.5, 0.6) is 0 Å². The Morgan fingerprint density at radius 2 is 1.80 bits per heavy atom. The Hall–Kier alpha value is -4.09. The fourth-order valence-electron chi connectivity index (χ4n) is 3.54. The predicted octanol–water partition coefficient (Wildman–Crippen LogP) is 4.29. The molecule has 0 radical (unpaired) electrons. The molecule has 35 heavy (non-hydrogen) atoms. The van der Waals surface area contributed by atoms with Gasteiger partial charge < -0.3 is 24.3 Å². The van der Waals surface area contributed by atoms with E-state index in [0.29, 0.717) is 44.2 Å². The van der Waals surface area contributed by atoms with Crippen LogP contribution in [0.1, 0.15) is 23.2 Å². The Morgan fingerprint density at radius 1 is 1.09 bits per heavy atom. The van der Waals surface area contributed by atoms with Crippen LogP contribution in [0, 0.1) is 0 Å². The number of aromatic nitrogens is 2. The van der Waals surface area contributed by atoms with Crippen LogP contribution < -0.4 is 10.2 Å². The minimum atomic E-state index is -4.88. The largest absolute Gasteiger partial charge is 0.450 e. The summed E-state index contributed by atoms with van der Waals surface area (Å²) in [6, 6.07) is 11.2. The lowest BCUT2D eigenvalue weighted by Crippen LogP contribution is -2.49. The fraction of sp³-hybridized carbons (Fsp3) is 0.304. The fourth-order valence-corrected chi connectivity index (χ4v) is 3.54. The molecule has 4 rings (SSSR count). The number of alkyl halides is 3. The molecule has 1 aliphatic heterocycles. The molecule has 3 heterocycles. The maximum atomic E-state index is 13.5. The van der Waals surface area contributed by atoms with Crippen LogP contribution in [0.2, 0.25) is 0 Å². The summed E-state index contributed by atoms with van der Waals surface area (Å²) >= 11 is 0. The van der Waals surface area contributed by atoms with Gasteiger partial charge in [-0.1, -0.05) is 18.2 Å². The van der Waals surface area contributed by atoms with Crippen LogP contribution in [0.4, 0.5) is 29.5 Å². The van der Waals surface area contributed by atoms with Gasteiger partial charge in [0, 0.05) is 31.7 Å². The molecule has 0 unspecified atom stereocenters. The van der Waals surface area contributed by atoms with Crippen LogP contribution >= 0.6 is 0 Å². The first-order chi connectivity index (χ1) is 16.8. The molecule has 1 saturated heterocycles. The topological polar surface area (TPSA) is 101 Å². The van der Waals surface area contributed by atoms with Crippen molar-refractivity contribution in [3.8, 4) is 11.5 Å². The monoisotopic (exact) mass is 489 g/mol.